The molecule has 2 aliphatic rings. The van der Waals surface area contributed by atoms with Crippen molar-refractivity contribution in [3.8, 4) is 0 Å². The fraction of sp³-hybridized carbons (Fsp3) is 0.429. The lowest BCUT2D eigenvalue weighted by molar-refractivity contribution is -0.113. The lowest BCUT2D eigenvalue weighted by Gasteiger charge is -2.11. The highest BCUT2D eigenvalue weighted by molar-refractivity contribution is 6.21. The smallest absolute Gasteiger partial charge is 0.163 e. The Morgan fingerprint density at radius 1 is 1.60 bits per heavy atom. The molecule has 3 nitrogen and oxygen atoms in total. The van der Waals surface area contributed by atoms with E-state index in [0.717, 1.165) is 24.5 Å². The molecule has 0 fully saturated rings. The van der Waals surface area contributed by atoms with Crippen molar-refractivity contribution >= 4 is 11.5 Å². The highest BCUT2D eigenvalue weighted by Gasteiger charge is 2.20. The number of rotatable bonds is 0. The van der Waals surface area contributed by atoms with Gasteiger partial charge in [0, 0.05) is 12.6 Å². The van der Waals surface area contributed by atoms with Gasteiger partial charge in [-0.1, -0.05) is 0 Å². The van der Waals surface area contributed by atoms with E-state index in [1.807, 2.05) is 0 Å². The van der Waals surface area contributed by atoms with Gasteiger partial charge in [-0.25, -0.2) is 0 Å². The van der Waals surface area contributed by atoms with Gasteiger partial charge in [-0.2, -0.15) is 0 Å². The highest BCUT2D eigenvalue weighted by Crippen LogP contribution is 2.12. The minimum Gasteiger partial charge on any atom is -0.382 e. The van der Waals surface area contributed by atoms with Gasteiger partial charge < -0.3 is 5.32 Å². The number of aliphatic imine (C=N–C) groups is 1. The minimum atomic E-state index is 0.170. The first-order valence-corrected chi connectivity index (χ1v) is 3.38. The Kier molecular flexibility index (Phi) is 1.09. The van der Waals surface area contributed by atoms with Gasteiger partial charge in [0.05, 0.1) is 24.4 Å². The third-order valence-corrected chi connectivity index (χ3v) is 1.69. The number of carbonyl (C=O) groups is 1. The zero-order valence-corrected chi connectivity index (χ0v) is 5.55. The number of nitrogens with zero attached hydrogens (tertiary/aromatic N) is 1. The van der Waals surface area contributed by atoms with Gasteiger partial charge >= 0.3 is 0 Å². The molecule has 0 aromatic heterocycles. The number of allylic oxidation sites excluding steroid dienone is 2. The molecule has 0 saturated carbocycles. The monoisotopic (exact) mass is 136 g/mol. The molecule has 2 rings (SSSR count). The summed E-state index contributed by atoms with van der Waals surface area (Å²) in [4.78, 5) is 15.0. The van der Waals surface area contributed by atoms with E-state index in [2.05, 4.69) is 10.3 Å². The lowest BCUT2D eigenvalue weighted by atomic mass is 10.2. The van der Waals surface area contributed by atoms with Crippen LogP contribution in [-0.2, 0) is 4.79 Å². The topological polar surface area (TPSA) is 41.5 Å². The first kappa shape index (κ1) is 5.65. The molecule has 1 N–H and O–H groups in total. The zero-order chi connectivity index (χ0) is 6.97. The lowest BCUT2D eigenvalue weighted by Crippen LogP contribution is -2.26. The second kappa shape index (κ2) is 1.94. The molecule has 0 atom stereocenters. The molecular weight excluding hydrogens is 128 g/mol. The minimum absolute atomic E-state index is 0.170. The molecule has 52 valence electrons. The molecule has 0 unspecified atom stereocenters. The van der Waals surface area contributed by atoms with Gasteiger partial charge in [-0.15, -0.1) is 0 Å². The number of ketones is 1. The van der Waals surface area contributed by atoms with Crippen molar-refractivity contribution in [1.29, 1.82) is 0 Å². The van der Waals surface area contributed by atoms with Gasteiger partial charge in [0.2, 0.25) is 0 Å². The van der Waals surface area contributed by atoms with Crippen LogP contribution in [0.5, 0.6) is 0 Å². The Bertz CT molecular complexity index is 240. The van der Waals surface area contributed by atoms with Crippen molar-refractivity contribution in [3.63, 3.8) is 0 Å². The van der Waals surface area contributed by atoms with E-state index in [9.17, 15) is 4.79 Å². The maximum absolute atomic E-state index is 10.8. The molecule has 0 amide bonds. The largest absolute Gasteiger partial charge is 0.382 e. The molecule has 3 heteroatoms. The number of fused-ring (bicyclic) bond motifs is 1. The Morgan fingerprint density at radius 3 is 3.30 bits per heavy atom. The third kappa shape index (κ3) is 0.744. The van der Waals surface area contributed by atoms with Crippen LogP contribution in [0.4, 0.5) is 0 Å². The molecule has 0 radical (unpaired) electrons. The van der Waals surface area contributed by atoms with E-state index >= 15 is 0 Å². The summed E-state index contributed by atoms with van der Waals surface area (Å²) in [6, 6.07) is 0. The van der Waals surface area contributed by atoms with Crippen LogP contribution >= 0.6 is 0 Å². The summed E-state index contributed by atoms with van der Waals surface area (Å²) in [6.07, 6.45) is 2.14. The van der Waals surface area contributed by atoms with E-state index in [1.54, 1.807) is 6.08 Å². The summed E-state index contributed by atoms with van der Waals surface area (Å²) in [5.74, 6) is 0.170. The summed E-state index contributed by atoms with van der Waals surface area (Å²) in [5, 5.41) is 3.12. The average molecular weight is 136 g/mol. The van der Waals surface area contributed by atoms with Crippen LogP contribution in [0.15, 0.2) is 16.8 Å². The zero-order valence-electron chi connectivity index (χ0n) is 5.55. The predicted molar refractivity (Wildman–Crippen MR) is 38.0 cm³/mol. The quantitative estimate of drug-likeness (QED) is 0.504. The van der Waals surface area contributed by atoms with E-state index in [1.165, 1.54) is 0 Å². The third-order valence-electron chi connectivity index (χ3n) is 1.69. The number of carbonyl (C=O) groups excluding carboxylic acids is 1. The highest BCUT2D eigenvalue weighted by atomic mass is 16.1. The van der Waals surface area contributed by atoms with E-state index in [0.29, 0.717) is 6.42 Å². The molecule has 1 aliphatic carbocycles. The van der Waals surface area contributed by atoms with Crippen LogP contribution in [0.2, 0.25) is 0 Å². The molecule has 0 aromatic carbocycles. The summed E-state index contributed by atoms with van der Waals surface area (Å²) in [6.45, 7) is 1.67. The standard InChI is InChI=1S/C7H8N2O/c10-5-3-6-7(4-5)9-2-1-8-6/h3,8H,1-2,4H2. The Morgan fingerprint density at radius 2 is 2.50 bits per heavy atom. The number of nitrogens with one attached hydrogen (secondary N) is 1. The van der Waals surface area contributed by atoms with Crippen LogP contribution in [0.1, 0.15) is 6.42 Å². The molecule has 0 spiro atoms. The van der Waals surface area contributed by atoms with Gasteiger partial charge in [-0.05, 0) is 0 Å². The van der Waals surface area contributed by atoms with Crippen molar-refractivity contribution in [2.45, 2.75) is 6.42 Å². The van der Waals surface area contributed by atoms with E-state index in [-0.39, 0.29) is 5.78 Å². The predicted octanol–water partition coefficient (Wildman–Crippen LogP) is -0.113. The normalized spacial score (nSPS) is 23.0. The molecule has 0 aromatic rings. The summed E-state index contributed by atoms with van der Waals surface area (Å²) in [5.41, 5.74) is 1.88. The van der Waals surface area contributed by atoms with Crippen molar-refractivity contribution in [2.75, 3.05) is 13.1 Å². The second-order valence-corrected chi connectivity index (χ2v) is 2.46. The molecule has 1 aliphatic heterocycles. The molecule has 1 heterocycles. The summed E-state index contributed by atoms with van der Waals surface area (Å²) in [7, 11) is 0. The average Bonchev–Trinajstić information content (AvgIpc) is 2.27. The molecule has 0 saturated heterocycles. The van der Waals surface area contributed by atoms with Crippen molar-refractivity contribution < 1.29 is 4.79 Å². The van der Waals surface area contributed by atoms with Gasteiger partial charge in [-0.3, -0.25) is 9.79 Å². The van der Waals surface area contributed by atoms with E-state index < -0.39 is 0 Å². The molecule has 0 bridgehead atoms. The Hall–Kier alpha value is -1.12. The van der Waals surface area contributed by atoms with Crippen molar-refractivity contribution in [3.05, 3.63) is 11.8 Å². The van der Waals surface area contributed by atoms with Crippen LogP contribution in [0.25, 0.3) is 0 Å². The maximum Gasteiger partial charge on any atom is 0.163 e. The fourth-order valence-electron chi connectivity index (χ4n) is 1.23. The Balaban J connectivity index is 2.35. The summed E-state index contributed by atoms with van der Waals surface area (Å²) >= 11 is 0. The van der Waals surface area contributed by atoms with Gasteiger partial charge in [0.15, 0.2) is 5.78 Å². The number of hydrogen-bond donors (Lipinski definition) is 1. The van der Waals surface area contributed by atoms with E-state index in [4.69, 9.17) is 0 Å². The first-order valence-electron chi connectivity index (χ1n) is 3.38. The van der Waals surface area contributed by atoms with Crippen LogP contribution in [-0.4, -0.2) is 24.6 Å². The first-order chi connectivity index (χ1) is 4.86. The van der Waals surface area contributed by atoms with Gasteiger partial charge in [0.25, 0.3) is 0 Å². The Labute approximate surface area is 58.8 Å². The van der Waals surface area contributed by atoms with Gasteiger partial charge in [0.1, 0.15) is 0 Å². The summed E-state index contributed by atoms with van der Waals surface area (Å²) < 4.78 is 0. The number of hydrogen-bond acceptors (Lipinski definition) is 3. The van der Waals surface area contributed by atoms with Crippen LogP contribution in [0.3, 0.4) is 0 Å². The van der Waals surface area contributed by atoms with Crippen LogP contribution < -0.4 is 5.32 Å². The SMILES string of the molecule is O=C1C=C2NCCN=C2C1. The van der Waals surface area contributed by atoms with Crippen molar-refractivity contribution in [1.82, 2.24) is 5.32 Å². The van der Waals surface area contributed by atoms with Crippen LogP contribution in [0, 0.1) is 0 Å². The molecular formula is C7H8N2O. The maximum atomic E-state index is 10.8. The fourth-order valence-corrected chi connectivity index (χ4v) is 1.23. The molecule has 10 heavy (non-hydrogen) atoms. The van der Waals surface area contributed by atoms with Crippen molar-refractivity contribution in [2.24, 2.45) is 4.99 Å². The second-order valence-electron chi connectivity index (χ2n) is 2.46.